The van der Waals surface area contributed by atoms with Crippen molar-refractivity contribution in [3.05, 3.63) is 17.3 Å². The first-order valence-electron chi connectivity index (χ1n) is 6.65. The second-order valence-electron chi connectivity index (χ2n) is 5.52. The van der Waals surface area contributed by atoms with Gasteiger partial charge in [0.05, 0.1) is 5.69 Å². The summed E-state index contributed by atoms with van der Waals surface area (Å²) in [5, 5.41) is 12.0. The van der Waals surface area contributed by atoms with Gasteiger partial charge in [-0.15, -0.1) is 5.10 Å². The topological polar surface area (TPSA) is 37.8 Å². The van der Waals surface area contributed by atoms with E-state index in [0.29, 0.717) is 12.0 Å². The first-order valence-corrected chi connectivity index (χ1v) is 6.65. The molecule has 1 aliphatic carbocycles. The van der Waals surface area contributed by atoms with Gasteiger partial charge in [0.25, 0.3) is 0 Å². The Balaban J connectivity index is 2.07. The zero-order chi connectivity index (χ0) is 12.4. The molecule has 0 radical (unpaired) electrons. The smallest absolute Gasteiger partial charge is 0.149 e. The highest BCUT2D eigenvalue weighted by molar-refractivity contribution is 5.38. The normalized spacial score (nSPS) is 29.1. The Bertz CT molecular complexity index is 389. The van der Waals surface area contributed by atoms with Crippen LogP contribution in [-0.2, 0) is 0 Å². The van der Waals surface area contributed by atoms with Gasteiger partial charge in [-0.1, -0.05) is 26.7 Å². The molecule has 0 amide bonds. The Morgan fingerprint density at radius 2 is 1.94 bits per heavy atom. The van der Waals surface area contributed by atoms with Gasteiger partial charge in [-0.3, -0.25) is 0 Å². The van der Waals surface area contributed by atoms with Crippen molar-refractivity contribution in [2.24, 2.45) is 11.8 Å². The number of aromatic nitrogens is 2. The van der Waals surface area contributed by atoms with Crippen LogP contribution in [0.1, 0.15) is 44.4 Å². The third-order valence-electron chi connectivity index (χ3n) is 4.27. The third-order valence-corrected chi connectivity index (χ3v) is 4.27. The Kier molecular flexibility index (Phi) is 3.65. The zero-order valence-electron chi connectivity index (χ0n) is 11.3. The van der Waals surface area contributed by atoms with Crippen LogP contribution in [0.15, 0.2) is 6.07 Å². The van der Waals surface area contributed by atoms with Gasteiger partial charge >= 0.3 is 0 Å². The fraction of sp³-hybridized carbons (Fsp3) is 0.714. The summed E-state index contributed by atoms with van der Waals surface area (Å²) in [6.07, 6.45) is 3.93. The van der Waals surface area contributed by atoms with Crippen molar-refractivity contribution in [2.75, 3.05) is 5.32 Å². The molecule has 0 saturated heterocycles. The van der Waals surface area contributed by atoms with E-state index in [-0.39, 0.29) is 0 Å². The Labute approximate surface area is 104 Å². The maximum Gasteiger partial charge on any atom is 0.149 e. The molecule has 0 spiro atoms. The van der Waals surface area contributed by atoms with Gasteiger partial charge in [-0.25, -0.2) is 0 Å². The Hall–Kier alpha value is -1.12. The van der Waals surface area contributed by atoms with Crippen LogP contribution in [-0.4, -0.2) is 16.2 Å². The van der Waals surface area contributed by atoms with Gasteiger partial charge in [-0.05, 0) is 43.7 Å². The highest BCUT2D eigenvalue weighted by Gasteiger charge is 2.27. The molecule has 1 fully saturated rings. The second-order valence-corrected chi connectivity index (χ2v) is 5.52. The summed E-state index contributed by atoms with van der Waals surface area (Å²) < 4.78 is 0. The zero-order valence-corrected chi connectivity index (χ0v) is 11.3. The van der Waals surface area contributed by atoms with Crippen molar-refractivity contribution in [2.45, 2.75) is 53.0 Å². The highest BCUT2D eigenvalue weighted by Crippen LogP contribution is 2.31. The predicted octanol–water partition coefficient (Wildman–Crippen LogP) is 3.33. The number of nitrogens with one attached hydrogen (secondary N) is 1. The molecule has 3 atom stereocenters. The predicted molar refractivity (Wildman–Crippen MR) is 71.1 cm³/mol. The SMILES string of the molecule is Cc1cc(NC2CCCC(C)C2C)nnc1C. The van der Waals surface area contributed by atoms with Crippen LogP contribution in [0.2, 0.25) is 0 Å². The van der Waals surface area contributed by atoms with Gasteiger partial charge in [0, 0.05) is 6.04 Å². The number of hydrogen-bond acceptors (Lipinski definition) is 3. The first-order chi connectivity index (χ1) is 8.08. The van der Waals surface area contributed by atoms with Crippen LogP contribution < -0.4 is 5.32 Å². The molecule has 17 heavy (non-hydrogen) atoms. The van der Waals surface area contributed by atoms with Crippen LogP contribution in [0.5, 0.6) is 0 Å². The van der Waals surface area contributed by atoms with Crippen molar-refractivity contribution in [1.82, 2.24) is 10.2 Å². The van der Waals surface area contributed by atoms with Crippen molar-refractivity contribution >= 4 is 5.82 Å². The Morgan fingerprint density at radius 3 is 2.65 bits per heavy atom. The summed E-state index contributed by atoms with van der Waals surface area (Å²) in [5.41, 5.74) is 2.22. The average molecular weight is 233 g/mol. The van der Waals surface area contributed by atoms with Crippen molar-refractivity contribution in [3.63, 3.8) is 0 Å². The summed E-state index contributed by atoms with van der Waals surface area (Å²) in [6.45, 7) is 8.78. The molecule has 0 aliphatic heterocycles. The monoisotopic (exact) mass is 233 g/mol. The molecule has 1 heterocycles. The molecule has 1 aromatic rings. The number of anilines is 1. The van der Waals surface area contributed by atoms with Gasteiger partial charge in [-0.2, -0.15) is 5.10 Å². The van der Waals surface area contributed by atoms with Crippen LogP contribution >= 0.6 is 0 Å². The van der Waals surface area contributed by atoms with E-state index in [1.807, 2.05) is 6.92 Å². The lowest BCUT2D eigenvalue weighted by atomic mass is 9.78. The average Bonchev–Trinajstić information content (AvgIpc) is 2.30. The van der Waals surface area contributed by atoms with E-state index >= 15 is 0 Å². The number of aryl methyl sites for hydroxylation is 2. The third kappa shape index (κ3) is 2.76. The molecule has 1 aromatic heterocycles. The van der Waals surface area contributed by atoms with E-state index in [4.69, 9.17) is 0 Å². The lowest BCUT2D eigenvalue weighted by Crippen LogP contribution is -2.35. The van der Waals surface area contributed by atoms with Gasteiger partial charge in [0.2, 0.25) is 0 Å². The number of hydrogen-bond donors (Lipinski definition) is 1. The second kappa shape index (κ2) is 5.03. The molecular weight excluding hydrogens is 210 g/mol. The van der Waals surface area contributed by atoms with Crippen molar-refractivity contribution < 1.29 is 0 Å². The summed E-state index contributed by atoms with van der Waals surface area (Å²) in [5.74, 6) is 2.45. The fourth-order valence-corrected chi connectivity index (χ4v) is 2.59. The van der Waals surface area contributed by atoms with E-state index in [9.17, 15) is 0 Å². The minimum atomic E-state index is 0.551. The molecule has 94 valence electrons. The molecule has 3 nitrogen and oxygen atoms in total. The van der Waals surface area contributed by atoms with Crippen LogP contribution in [0.25, 0.3) is 0 Å². The Morgan fingerprint density at radius 1 is 1.18 bits per heavy atom. The first kappa shape index (κ1) is 12.3. The molecule has 3 heteroatoms. The lowest BCUT2D eigenvalue weighted by molar-refractivity contribution is 0.252. The van der Waals surface area contributed by atoms with Crippen LogP contribution in [0, 0.1) is 25.7 Å². The van der Waals surface area contributed by atoms with Crippen LogP contribution in [0.4, 0.5) is 5.82 Å². The summed E-state index contributed by atoms with van der Waals surface area (Å²) in [4.78, 5) is 0. The summed E-state index contributed by atoms with van der Waals surface area (Å²) in [6, 6.07) is 2.66. The minimum Gasteiger partial charge on any atom is -0.366 e. The molecular formula is C14H23N3. The maximum atomic E-state index is 4.23. The number of nitrogens with zero attached hydrogens (tertiary/aromatic N) is 2. The molecule has 2 rings (SSSR count). The summed E-state index contributed by atoms with van der Waals surface area (Å²) >= 11 is 0. The molecule has 1 N–H and O–H groups in total. The molecule has 0 bridgehead atoms. The van der Waals surface area contributed by atoms with Gasteiger partial charge in [0.15, 0.2) is 0 Å². The standard InChI is InChI=1S/C14H23N3/c1-9-6-5-7-13(11(9)3)15-14-8-10(2)12(4)16-17-14/h8-9,11,13H,5-7H2,1-4H3,(H,15,17). The lowest BCUT2D eigenvalue weighted by Gasteiger charge is -2.34. The van der Waals surface area contributed by atoms with E-state index in [2.05, 4.69) is 42.4 Å². The number of rotatable bonds is 2. The van der Waals surface area contributed by atoms with Crippen molar-refractivity contribution in [3.8, 4) is 0 Å². The van der Waals surface area contributed by atoms with Gasteiger partial charge < -0.3 is 5.32 Å². The van der Waals surface area contributed by atoms with Gasteiger partial charge in [0.1, 0.15) is 5.82 Å². The van der Waals surface area contributed by atoms with E-state index in [0.717, 1.165) is 17.4 Å². The molecule has 1 saturated carbocycles. The minimum absolute atomic E-state index is 0.551. The maximum absolute atomic E-state index is 4.23. The molecule has 3 unspecified atom stereocenters. The largest absolute Gasteiger partial charge is 0.366 e. The molecule has 0 aromatic carbocycles. The van der Waals surface area contributed by atoms with E-state index in [1.54, 1.807) is 0 Å². The van der Waals surface area contributed by atoms with Crippen molar-refractivity contribution in [1.29, 1.82) is 0 Å². The fourth-order valence-electron chi connectivity index (χ4n) is 2.59. The molecule has 1 aliphatic rings. The van der Waals surface area contributed by atoms with Crippen LogP contribution in [0.3, 0.4) is 0 Å². The summed E-state index contributed by atoms with van der Waals surface area (Å²) in [7, 11) is 0. The quantitative estimate of drug-likeness (QED) is 0.851. The highest BCUT2D eigenvalue weighted by atomic mass is 15.2. The van der Waals surface area contributed by atoms with E-state index in [1.165, 1.54) is 24.8 Å². The van der Waals surface area contributed by atoms with E-state index < -0.39 is 0 Å².